The van der Waals surface area contributed by atoms with Crippen molar-refractivity contribution in [2.45, 2.75) is 45.1 Å². The zero-order valence-electron chi connectivity index (χ0n) is 14.9. The molecule has 0 spiro atoms. The number of ether oxygens (including phenoxy) is 1. The Balaban J connectivity index is 1.70. The number of esters is 1. The van der Waals surface area contributed by atoms with Gasteiger partial charge in [0.15, 0.2) is 6.61 Å². The van der Waals surface area contributed by atoms with Crippen molar-refractivity contribution in [3.8, 4) is 0 Å². The third-order valence-electron chi connectivity index (χ3n) is 4.48. The van der Waals surface area contributed by atoms with Crippen LogP contribution in [0, 0.1) is 5.92 Å². The lowest BCUT2D eigenvalue weighted by Gasteiger charge is -2.21. The van der Waals surface area contributed by atoms with Gasteiger partial charge in [0, 0.05) is 6.54 Å². The van der Waals surface area contributed by atoms with E-state index < -0.39 is 17.9 Å². The molecule has 1 aliphatic rings. The smallest absolute Gasteiger partial charge is 0.328 e. The number of rotatable bonds is 7. The van der Waals surface area contributed by atoms with Crippen molar-refractivity contribution in [3.05, 3.63) is 34.9 Å². The Kier molecular flexibility index (Phi) is 7.91. The lowest BCUT2D eigenvalue weighted by atomic mass is 9.89. The standard InChI is InChI=1S/C19H25ClN2O4/c1-13(22-18(24)15-9-5-6-10-16(15)20)19(25)26-12-17(23)21-11-14-7-3-2-4-8-14/h5-6,9-10,13-14H,2-4,7-8,11-12H2,1H3,(H,21,23)(H,22,24)/t13-/m0/s1. The van der Waals surface area contributed by atoms with E-state index in [1.54, 1.807) is 24.3 Å². The fraction of sp³-hybridized carbons (Fsp3) is 0.526. The molecule has 0 saturated heterocycles. The minimum Gasteiger partial charge on any atom is -0.454 e. The van der Waals surface area contributed by atoms with E-state index in [9.17, 15) is 14.4 Å². The quantitative estimate of drug-likeness (QED) is 0.712. The Bertz CT molecular complexity index is 644. The van der Waals surface area contributed by atoms with E-state index in [0.717, 1.165) is 12.8 Å². The molecule has 0 bridgehead atoms. The molecule has 1 fully saturated rings. The molecule has 2 amide bonds. The molecule has 142 valence electrons. The molecular weight excluding hydrogens is 356 g/mol. The van der Waals surface area contributed by atoms with E-state index in [4.69, 9.17) is 16.3 Å². The number of carbonyl (C=O) groups excluding carboxylic acids is 3. The van der Waals surface area contributed by atoms with Gasteiger partial charge in [-0.05, 0) is 37.8 Å². The molecular formula is C19H25ClN2O4. The van der Waals surface area contributed by atoms with Crippen LogP contribution in [0.15, 0.2) is 24.3 Å². The second kappa shape index (κ2) is 10.2. The lowest BCUT2D eigenvalue weighted by Crippen LogP contribution is -2.41. The van der Waals surface area contributed by atoms with Gasteiger partial charge < -0.3 is 15.4 Å². The molecule has 0 unspecified atom stereocenters. The van der Waals surface area contributed by atoms with Crippen LogP contribution >= 0.6 is 11.6 Å². The van der Waals surface area contributed by atoms with Gasteiger partial charge in [-0.3, -0.25) is 9.59 Å². The predicted octanol–water partition coefficient (Wildman–Crippen LogP) is 2.70. The van der Waals surface area contributed by atoms with Gasteiger partial charge in [-0.15, -0.1) is 0 Å². The van der Waals surface area contributed by atoms with Crippen LogP contribution in [0.4, 0.5) is 0 Å². The minimum absolute atomic E-state index is 0.277. The zero-order valence-corrected chi connectivity index (χ0v) is 15.7. The fourth-order valence-electron chi connectivity index (χ4n) is 2.94. The molecule has 0 heterocycles. The molecule has 1 aromatic carbocycles. The highest BCUT2D eigenvalue weighted by molar-refractivity contribution is 6.33. The number of hydrogen-bond donors (Lipinski definition) is 2. The number of carbonyl (C=O) groups is 3. The molecule has 1 saturated carbocycles. The normalized spacial score (nSPS) is 15.8. The van der Waals surface area contributed by atoms with E-state index in [2.05, 4.69) is 10.6 Å². The number of benzene rings is 1. The van der Waals surface area contributed by atoms with Crippen molar-refractivity contribution in [2.75, 3.05) is 13.2 Å². The van der Waals surface area contributed by atoms with Gasteiger partial charge in [-0.2, -0.15) is 0 Å². The molecule has 0 aromatic heterocycles. The Morgan fingerprint density at radius 2 is 1.88 bits per heavy atom. The molecule has 6 nitrogen and oxygen atoms in total. The van der Waals surface area contributed by atoms with Crippen LogP contribution in [0.3, 0.4) is 0 Å². The van der Waals surface area contributed by atoms with Crippen LogP contribution in [0.25, 0.3) is 0 Å². The summed E-state index contributed by atoms with van der Waals surface area (Å²) in [6, 6.07) is 5.66. The predicted molar refractivity (Wildman–Crippen MR) is 98.9 cm³/mol. The minimum atomic E-state index is -0.884. The highest BCUT2D eigenvalue weighted by Gasteiger charge is 2.20. The summed E-state index contributed by atoms with van der Waals surface area (Å²) in [6.07, 6.45) is 5.94. The topological polar surface area (TPSA) is 84.5 Å². The third kappa shape index (κ3) is 6.33. The van der Waals surface area contributed by atoms with Gasteiger partial charge in [-0.1, -0.05) is 43.0 Å². The molecule has 1 aliphatic carbocycles. The molecule has 2 rings (SSSR count). The Hall–Kier alpha value is -2.08. The van der Waals surface area contributed by atoms with Crippen molar-refractivity contribution >= 4 is 29.4 Å². The molecule has 7 heteroatoms. The number of nitrogens with one attached hydrogen (secondary N) is 2. The number of hydrogen-bond acceptors (Lipinski definition) is 4. The van der Waals surface area contributed by atoms with Crippen LogP contribution in [-0.2, 0) is 14.3 Å². The second-order valence-corrected chi connectivity index (χ2v) is 7.00. The van der Waals surface area contributed by atoms with Crippen molar-refractivity contribution in [1.29, 1.82) is 0 Å². The SMILES string of the molecule is C[C@H](NC(=O)c1ccccc1Cl)C(=O)OCC(=O)NCC1CCCCC1. The Morgan fingerprint density at radius 1 is 1.19 bits per heavy atom. The summed E-state index contributed by atoms with van der Waals surface area (Å²) in [4.78, 5) is 35.9. The van der Waals surface area contributed by atoms with Gasteiger partial charge in [0.25, 0.3) is 11.8 Å². The summed E-state index contributed by atoms with van der Waals surface area (Å²) >= 11 is 5.95. The number of amides is 2. The van der Waals surface area contributed by atoms with Crippen LogP contribution in [-0.4, -0.2) is 37.0 Å². The summed E-state index contributed by atoms with van der Waals surface area (Å²) in [5.41, 5.74) is 0.277. The van der Waals surface area contributed by atoms with E-state index in [-0.39, 0.29) is 18.1 Å². The van der Waals surface area contributed by atoms with Gasteiger partial charge in [0.2, 0.25) is 0 Å². The molecule has 1 aromatic rings. The Labute approximate surface area is 158 Å². The molecule has 0 aliphatic heterocycles. The molecule has 26 heavy (non-hydrogen) atoms. The lowest BCUT2D eigenvalue weighted by molar-refractivity contribution is -0.150. The largest absolute Gasteiger partial charge is 0.454 e. The summed E-state index contributed by atoms with van der Waals surface area (Å²) in [7, 11) is 0. The van der Waals surface area contributed by atoms with Crippen molar-refractivity contribution in [1.82, 2.24) is 10.6 Å². The second-order valence-electron chi connectivity index (χ2n) is 6.59. The molecule has 0 radical (unpaired) electrons. The molecule has 2 N–H and O–H groups in total. The summed E-state index contributed by atoms with van der Waals surface area (Å²) in [5, 5.41) is 5.61. The first-order valence-electron chi connectivity index (χ1n) is 8.96. The maximum absolute atomic E-state index is 12.1. The van der Waals surface area contributed by atoms with Crippen molar-refractivity contribution in [3.63, 3.8) is 0 Å². The average Bonchev–Trinajstić information content (AvgIpc) is 2.65. The highest BCUT2D eigenvalue weighted by Crippen LogP contribution is 2.22. The third-order valence-corrected chi connectivity index (χ3v) is 4.81. The Morgan fingerprint density at radius 3 is 2.58 bits per heavy atom. The van der Waals surface area contributed by atoms with Crippen LogP contribution in [0.5, 0.6) is 0 Å². The van der Waals surface area contributed by atoms with E-state index >= 15 is 0 Å². The van der Waals surface area contributed by atoms with E-state index in [0.29, 0.717) is 17.5 Å². The van der Waals surface area contributed by atoms with Gasteiger partial charge in [0.1, 0.15) is 6.04 Å². The van der Waals surface area contributed by atoms with Crippen LogP contribution in [0.1, 0.15) is 49.4 Å². The average molecular weight is 381 g/mol. The van der Waals surface area contributed by atoms with Crippen molar-refractivity contribution in [2.24, 2.45) is 5.92 Å². The van der Waals surface area contributed by atoms with E-state index in [1.807, 2.05) is 0 Å². The maximum atomic E-state index is 12.1. The maximum Gasteiger partial charge on any atom is 0.328 e. The summed E-state index contributed by atoms with van der Waals surface area (Å²) in [6.45, 7) is 1.77. The molecule has 1 atom stereocenters. The first-order valence-corrected chi connectivity index (χ1v) is 9.34. The monoisotopic (exact) mass is 380 g/mol. The number of halogens is 1. The van der Waals surface area contributed by atoms with E-state index in [1.165, 1.54) is 26.2 Å². The zero-order chi connectivity index (χ0) is 18.9. The van der Waals surface area contributed by atoms with Gasteiger partial charge >= 0.3 is 5.97 Å². The van der Waals surface area contributed by atoms with Crippen LogP contribution < -0.4 is 10.6 Å². The first kappa shape index (κ1) is 20.2. The fourth-order valence-corrected chi connectivity index (χ4v) is 3.16. The van der Waals surface area contributed by atoms with Gasteiger partial charge in [0.05, 0.1) is 10.6 Å². The summed E-state index contributed by atoms with van der Waals surface area (Å²) < 4.78 is 4.97. The van der Waals surface area contributed by atoms with Gasteiger partial charge in [-0.25, -0.2) is 4.79 Å². The first-order chi connectivity index (χ1) is 12.5. The summed E-state index contributed by atoms with van der Waals surface area (Å²) in [5.74, 6) is -0.953. The van der Waals surface area contributed by atoms with Crippen LogP contribution in [0.2, 0.25) is 5.02 Å². The van der Waals surface area contributed by atoms with Crippen molar-refractivity contribution < 1.29 is 19.1 Å². The highest BCUT2D eigenvalue weighted by atomic mass is 35.5.